The Hall–Kier alpha value is -1.79. The highest BCUT2D eigenvalue weighted by molar-refractivity contribution is 9.10. The van der Waals surface area contributed by atoms with Gasteiger partial charge >= 0.3 is 0 Å². The molecule has 3 aromatic rings. The van der Waals surface area contributed by atoms with Crippen molar-refractivity contribution in [3.8, 4) is 11.4 Å². The number of nitrogens with zero attached hydrogens (tertiary/aromatic N) is 2. The van der Waals surface area contributed by atoms with Crippen LogP contribution in [-0.2, 0) is 13.6 Å². The average Bonchev–Trinajstić information content (AvgIpc) is 2.74. The molecule has 2 aromatic carbocycles. The van der Waals surface area contributed by atoms with Crippen molar-refractivity contribution < 1.29 is 8.78 Å². The lowest BCUT2D eigenvalue weighted by Gasteiger charge is -2.06. The Kier molecular flexibility index (Phi) is 3.51. The van der Waals surface area contributed by atoms with Crippen molar-refractivity contribution in [2.45, 2.75) is 6.54 Å². The van der Waals surface area contributed by atoms with Crippen LogP contribution in [0, 0.1) is 11.6 Å². The van der Waals surface area contributed by atoms with Gasteiger partial charge in [-0.15, -0.1) is 0 Å². The number of rotatable bonds is 2. The highest BCUT2D eigenvalue weighted by Crippen LogP contribution is 2.30. The molecule has 0 aliphatic heterocycles. The summed E-state index contributed by atoms with van der Waals surface area (Å²) in [4.78, 5) is 4.35. The lowest BCUT2D eigenvalue weighted by Crippen LogP contribution is -1.98. The van der Waals surface area contributed by atoms with Gasteiger partial charge in [-0.3, -0.25) is 0 Å². The molecule has 0 spiro atoms. The molecule has 1 aromatic heterocycles. The molecule has 0 fully saturated rings. The third kappa shape index (κ3) is 2.34. The van der Waals surface area contributed by atoms with Gasteiger partial charge in [0.25, 0.3) is 0 Å². The van der Waals surface area contributed by atoms with E-state index in [4.69, 9.17) is 5.73 Å². The van der Waals surface area contributed by atoms with E-state index in [1.165, 1.54) is 12.1 Å². The van der Waals surface area contributed by atoms with Crippen LogP contribution in [0.1, 0.15) is 5.56 Å². The lowest BCUT2D eigenvalue weighted by atomic mass is 10.2. The van der Waals surface area contributed by atoms with Gasteiger partial charge in [0.15, 0.2) is 0 Å². The van der Waals surface area contributed by atoms with Crippen LogP contribution in [0.5, 0.6) is 0 Å². The second-order valence-corrected chi connectivity index (χ2v) is 5.68. The van der Waals surface area contributed by atoms with Gasteiger partial charge in [-0.2, -0.15) is 0 Å². The van der Waals surface area contributed by atoms with Crippen LogP contribution in [0.2, 0.25) is 0 Å². The molecular weight excluding hydrogens is 340 g/mol. The molecule has 108 valence electrons. The number of aryl methyl sites for hydroxylation is 1. The van der Waals surface area contributed by atoms with Gasteiger partial charge in [-0.1, -0.05) is 22.0 Å². The lowest BCUT2D eigenvalue weighted by molar-refractivity contribution is 0.585. The second-order valence-electron chi connectivity index (χ2n) is 4.77. The summed E-state index contributed by atoms with van der Waals surface area (Å²) in [5.74, 6) is -1.06. The number of fused-ring (bicyclic) bond motifs is 1. The predicted molar refractivity (Wildman–Crippen MR) is 81.7 cm³/mol. The largest absolute Gasteiger partial charge is 0.327 e. The molecule has 0 saturated carbocycles. The zero-order valence-electron chi connectivity index (χ0n) is 11.2. The number of hydrogen-bond donors (Lipinski definition) is 1. The molecule has 0 radical (unpaired) electrons. The topological polar surface area (TPSA) is 43.8 Å². The van der Waals surface area contributed by atoms with Crippen LogP contribution < -0.4 is 5.73 Å². The van der Waals surface area contributed by atoms with E-state index in [-0.39, 0.29) is 11.4 Å². The van der Waals surface area contributed by atoms with E-state index < -0.39 is 11.6 Å². The normalized spacial score (nSPS) is 11.3. The summed E-state index contributed by atoms with van der Waals surface area (Å²) < 4.78 is 30.2. The first-order chi connectivity index (χ1) is 10.0. The summed E-state index contributed by atoms with van der Waals surface area (Å²) >= 11 is 3.07. The number of imidazole rings is 1. The Bertz CT molecular complexity index is 819. The summed E-state index contributed by atoms with van der Waals surface area (Å²) in [6, 6.07) is 8.00. The van der Waals surface area contributed by atoms with Gasteiger partial charge in [0.05, 0.1) is 16.6 Å². The number of hydrogen-bond acceptors (Lipinski definition) is 2. The highest BCUT2D eigenvalue weighted by atomic mass is 79.9. The summed E-state index contributed by atoms with van der Waals surface area (Å²) in [6.45, 7) is 0.392. The van der Waals surface area contributed by atoms with Gasteiger partial charge in [0.1, 0.15) is 17.5 Å². The van der Waals surface area contributed by atoms with E-state index >= 15 is 0 Å². The summed E-state index contributed by atoms with van der Waals surface area (Å²) in [6.07, 6.45) is 0. The van der Waals surface area contributed by atoms with Gasteiger partial charge in [0.2, 0.25) is 0 Å². The van der Waals surface area contributed by atoms with Crippen LogP contribution in [0.4, 0.5) is 8.78 Å². The van der Waals surface area contributed by atoms with E-state index in [0.717, 1.165) is 11.1 Å². The van der Waals surface area contributed by atoms with Crippen LogP contribution >= 0.6 is 15.9 Å². The van der Waals surface area contributed by atoms with Gasteiger partial charge in [-0.05, 0) is 29.8 Å². The zero-order chi connectivity index (χ0) is 15.1. The SMILES string of the molecule is Cn1c(-c2c(F)cc(Br)cc2F)nc2cc(CN)ccc21. The third-order valence-electron chi connectivity index (χ3n) is 3.41. The van der Waals surface area contributed by atoms with Crippen LogP contribution in [0.15, 0.2) is 34.8 Å². The summed E-state index contributed by atoms with van der Waals surface area (Å²) in [5, 5.41) is 0. The fourth-order valence-electron chi connectivity index (χ4n) is 2.35. The van der Waals surface area contributed by atoms with E-state index in [1.807, 2.05) is 18.2 Å². The standard InChI is InChI=1S/C15H12BrF2N3/c1-21-13-3-2-8(7-19)4-12(13)20-15(21)14-10(17)5-9(16)6-11(14)18/h2-6H,7,19H2,1H3. The monoisotopic (exact) mass is 351 g/mol. The van der Waals surface area contributed by atoms with Crippen molar-refractivity contribution in [3.63, 3.8) is 0 Å². The maximum Gasteiger partial charge on any atom is 0.146 e. The molecule has 0 atom stereocenters. The van der Waals surface area contributed by atoms with E-state index in [1.54, 1.807) is 11.6 Å². The minimum atomic E-state index is -0.653. The molecular formula is C15H12BrF2N3. The third-order valence-corrected chi connectivity index (χ3v) is 3.87. The van der Waals surface area contributed by atoms with Gasteiger partial charge in [-0.25, -0.2) is 13.8 Å². The van der Waals surface area contributed by atoms with Crippen LogP contribution in [0.25, 0.3) is 22.4 Å². The van der Waals surface area contributed by atoms with Crippen molar-refractivity contribution in [3.05, 3.63) is 52.0 Å². The van der Waals surface area contributed by atoms with Crippen LogP contribution in [0.3, 0.4) is 0 Å². The van der Waals surface area contributed by atoms with Crippen molar-refractivity contribution in [1.82, 2.24) is 9.55 Å². The molecule has 3 nitrogen and oxygen atoms in total. The fourth-order valence-corrected chi connectivity index (χ4v) is 2.75. The van der Waals surface area contributed by atoms with Crippen LogP contribution in [-0.4, -0.2) is 9.55 Å². The minimum Gasteiger partial charge on any atom is -0.327 e. The van der Waals surface area contributed by atoms with Crippen molar-refractivity contribution in [1.29, 1.82) is 0 Å². The molecule has 21 heavy (non-hydrogen) atoms. The van der Waals surface area contributed by atoms with Crippen molar-refractivity contribution >= 4 is 27.0 Å². The molecule has 0 bridgehead atoms. The Morgan fingerprint density at radius 1 is 1.19 bits per heavy atom. The molecule has 1 heterocycles. The second kappa shape index (κ2) is 5.20. The molecule has 0 aliphatic rings. The molecule has 6 heteroatoms. The first-order valence-corrected chi connectivity index (χ1v) is 7.11. The number of nitrogens with two attached hydrogens (primary N) is 1. The number of halogens is 3. The molecule has 0 aliphatic carbocycles. The Labute approximate surface area is 128 Å². The molecule has 3 rings (SSSR count). The predicted octanol–water partition coefficient (Wildman–Crippen LogP) is 3.74. The zero-order valence-corrected chi connectivity index (χ0v) is 12.8. The smallest absolute Gasteiger partial charge is 0.146 e. The highest BCUT2D eigenvalue weighted by Gasteiger charge is 2.19. The summed E-state index contributed by atoms with van der Waals surface area (Å²) in [7, 11) is 1.73. The molecule has 0 amide bonds. The quantitative estimate of drug-likeness (QED) is 0.764. The Morgan fingerprint density at radius 2 is 1.86 bits per heavy atom. The van der Waals surface area contributed by atoms with E-state index in [2.05, 4.69) is 20.9 Å². The first kappa shape index (κ1) is 14.2. The molecule has 0 unspecified atom stereocenters. The molecule has 0 saturated heterocycles. The summed E-state index contributed by atoms with van der Waals surface area (Å²) in [5.41, 5.74) is 7.85. The first-order valence-electron chi connectivity index (χ1n) is 6.31. The van der Waals surface area contributed by atoms with Gasteiger partial charge < -0.3 is 10.3 Å². The van der Waals surface area contributed by atoms with Crippen molar-refractivity contribution in [2.75, 3.05) is 0 Å². The number of benzene rings is 2. The van der Waals surface area contributed by atoms with Gasteiger partial charge in [0, 0.05) is 18.1 Å². The maximum absolute atomic E-state index is 14.1. The average molecular weight is 352 g/mol. The van der Waals surface area contributed by atoms with Crippen molar-refractivity contribution in [2.24, 2.45) is 12.8 Å². The van der Waals surface area contributed by atoms with E-state index in [0.29, 0.717) is 16.5 Å². The number of aromatic nitrogens is 2. The van der Waals surface area contributed by atoms with E-state index in [9.17, 15) is 8.78 Å². The molecule has 2 N–H and O–H groups in total. The fraction of sp³-hybridized carbons (Fsp3) is 0.133. The Morgan fingerprint density at radius 3 is 2.48 bits per heavy atom. The Balaban J connectivity index is 2.28. The maximum atomic E-state index is 14.1. The minimum absolute atomic E-state index is 0.133.